The fourth-order valence-corrected chi connectivity index (χ4v) is 3.27. The number of carboxylic acid groups (broad SMARTS) is 1. The van der Waals surface area contributed by atoms with Gasteiger partial charge in [0.15, 0.2) is 0 Å². The average Bonchev–Trinajstić information content (AvgIpc) is 2.52. The summed E-state index contributed by atoms with van der Waals surface area (Å²) < 4.78 is 4.96. The summed E-state index contributed by atoms with van der Waals surface area (Å²) >= 11 is 0. The lowest BCUT2D eigenvalue weighted by Gasteiger charge is -2.32. The summed E-state index contributed by atoms with van der Waals surface area (Å²) in [5, 5.41) is 8.39. The summed E-state index contributed by atoms with van der Waals surface area (Å²) in [6, 6.07) is 0. The van der Waals surface area contributed by atoms with Crippen molar-refractivity contribution in [3.63, 3.8) is 0 Å². The van der Waals surface area contributed by atoms with E-state index in [1.54, 1.807) is 0 Å². The number of carboxylic acids is 1. The molecular formula is C18H30O4. The molecule has 1 N–H and O–H groups in total. The molecule has 0 aliphatic heterocycles. The summed E-state index contributed by atoms with van der Waals surface area (Å²) in [5.41, 5.74) is 0. The number of carbonyl (C=O) groups excluding carboxylic acids is 1. The maximum absolute atomic E-state index is 11.2. The van der Waals surface area contributed by atoms with E-state index in [9.17, 15) is 9.59 Å². The molecule has 1 saturated carbocycles. The molecule has 4 nitrogen and oxygen atoms in total. The number of hydrogen-bond acceptors (Lipinski definition) is 3. The van der Waals surface area contributed by atoms with Crippen molar-refractivity contribution in [3.8, 4) is 0 Å². The SMILES string of the molecule is CCC(C)C1CCC(CCCCOC(=O)/C=C/C(=O)O)CC1. The van der Waals surface area contributed by atoms with Gasteiger partial charge in [-0.1, -0.05) is 39.5 Å². The molecule has 22 heavy (non-hydrogen) atoms. The van der Waals surface area contributed by atoms with E-state index < -0.39 is 11.9 Å². The zero-order chi connectivity index (χ0) is 16.4. The minimum absolute atomic E-state index is 0.380. The highest BCUT2D eigenvalue weighted by atomic mass is 16.5. The molecule has 0 aromatic rings. The van der Waals surface area contributed by atoms with Gasteiger partial charge in [-0.15, -0.1) is 0 Å². The molecular weight excluding hydrogens is 280 g/mol. The van der Waals surface area contributed by atoms with Crippen molar-refractivity contribution in [1.82, 2.24) is 0 Å². The van der Waals surface area contributed by atoms with Crippen molar-refractivity contribution in [2.24, 2.45) is 17.8 Å². The lowest BCUT2D eigenvalue weighted by molar-refractivity contribution is -0.138. The van der Waals surface area contributed by atoms with E-state index >= 15 is 0 Å². The third-order valence-corrected chi connectivity index (χ3v) is 4.95. The Balaban J connectivity index is 2.04. The first-order valence-corrected chi connectivity index (χ1v) is 8.60. The molecule has 1 unspecified atom stereocenters. The maximum Gasteiger partial charge on any atom is 0.331 e. The Morgan fingerprint density at radius 2 is 1.86 bits per heavy atom. The molecule has 0 saturated heterocycles. The van der Waals surface area contributed by atoms with Gasteiger partial charge < -0.3 is 9.84 Å². The van der Waals surface area contributed by atoms with Crippen molar-refractivity contribution in [2.75, 3.05) is 6.61 Å². The molecule has 1 aliphatic carbocycles. The van der Waals surface area contributed by atoms with Crippen molar-refractivity contribution in [2.45, 2.75) is 65.2 Å². The van der Waals surface area contributed by atoms with Gasteiger partial charge in [-0.3, -0.25) is 0 Å². The van der Waals surface area contributed by atoms with E-state index in [1.807, 2.05) is 0 Å². The summed E-state index contributed by atoms with van der Waals surface area (Å²) in [6.45, 7) is 5.03. The molecule has 4 heteroatoms. The monoisotopic (exact) mass is 310 g/mol. The Bertz CT molecular complexity index is 367. The minimum Gasteiger partial charge on any atom is -0.478 e. The highest BCUT2D eigenvalue weighted by Gasteiger charge is 2.23. The Morgan fingerprint density at radius 3 is 2.45 bits per heavy atom. The largest absolute Gasteiger partial charge is 0.478 e. The van der Waals surface area contributed by atoms with E-state index in [0.29, 0.717) is 6.61 Å². The van der Waals surface area contributed by atoms with Crippen LogP contribution in [0, 0.1) is 17.8 Å². The van der Waals surface area contributed by atoms with Crippen LogP contribution in [0.4, 0.5) is 0 Å². The van der Waals surface area contributed by atoms with Crippen molar-refractivity contribution in [1.29, 1.82) is 0 Å². The molecule has 0 aromatic carbocycles. The van der Waals surface area contributed by atoms with Gasteiger partial charge in [0, 0.05) is 12.2 Å². The molecule has 0 aromatic heterocycles. The van der Waals surface area contributed by atoms with Gasteiger partial charge in [0.2, 0.25) is 0 Å². The van der Waals surface area contributed by atoms with Crippen molar-refractivity contribution in [3.05, 3.63) is 12.2 Å². The highest BCUT2D eigenvalue weighted by Crippen LogP contribution is 2.36. The van der Waals surface area contributed by atoms with Gasteiger partial charge in [0.25, 0.3) is 0 Å². The lowest BCUT2D eigenvalue weighted by atomic mass is 9.74. The van der Waals surface area contributed by atoms with Crippen LogP contribution >= 0.6 is 0 Å². The third-order valence-electron chi connectivity index (χ3n) is 4.95. The van der Waals surface area contributed by atoms with Crippen LogP contribution in [0.15, 0.2) is 12.2 Å². The molecule has 126 valence electrons. The number of unbranched alkanes of at least 4 members (excludes halogenated alkanes) is 1. The van der Waals surface area contributed by atoms with Crippen LogP contribution in [0.1, 0.15) is 65.2 Å². The van der Waals surface area contributed by atoms with Gasteiger partial charge >= 0.3 is 11.9 Å². The zero-order valence-corrected chi connectivity index (χ0v) is 13.9. The van der Waals surface area contributed by atoms with Crippen molar-refractivity contribution >= 4 is 11.9 Å². The van der Waals surface area contributed by atoms with Gasteiger partial charge in [0.05, 0.1) is 6.61 Å². The summed E-state index contributed by atoms with van der Waals surface area (Å²) in [7, 11) is 0. The second-order valence-corrected chi connectivity index (χ2v) is 6.50. The van der Waals surface area contributed by atoms with E-state index in [0.717, 1.165) is 42.7 Å². The van der Waals surface area contributed by atoms with Crippen LogP contribution in [0.5, 0.6) is 0 Å². The van der Waals surface area contributed by atoms with E-state index in [4.69, 9.17) is 9.84 Å². The Labute approximate surface area is 133 Å². The first kappa shape index (κ1) is 18.7. The van der Waals surface area contributed by atoms with Crippen LogP contribution in [0.25, 0.3) is 0 Å². The topological polar surface area (TPSA) is 63.6 Å². The number of aliphatic carboxylic acids is 1. The Morgan fingerprint density at radius 1 is 1.18 bits per heavy atom. The zero-order valence-electron chi connectivity index (χ0n) is 13.9. The molecule has 0 heterocycles. The van der Waals surface area contributed by atoms with Gasteiger partial charge in [-0.25, -0.2) is 9.59 Å². The van der Waals surface area contributed by atoms with E-state index in [2.05, 4.69) is 13.8 Å². The lowest BCUT2D eigenvalue weighted by Crippen LogP contribution is -2.19. The first-order chi connectivity index (χ1) is 10.5. The van der Waals surface area contributed by atoms with E-state index in [-0.39, 0.29) is 0 Å². The quantitative estimate of drug-likeness (QED) is 0.394. The third kappa shape index (κ3) is 7.62. The normalized spacial score (nSPS) is 23.4. The molecule has 1 fully saturated rings. The van der Waals surface area contributed by atoms with Crippen LogP contribution < -0.4 is 0 Å². The second kappa shape index (κ2) is 10.4. The summed E-state index contributed by atoms with van der Waals surface area (Å²) in [4.78, 5) is 21.4. The standard InChI is InChI=1S/C18H30O4/c1-3-14(2)16-9-7-15(8-10-16)6-4-5-13-22-18(21)12-11-17(19)20/h11-12,14-16H,3-10,13H2,1-2H3,(H,19,20)/b12-11+. The predicted octanol–water partition coefficient (Wildman–Crippen LogP) is 4.19. The molecule has 0 radical (unpaired) electrons. The fourth-order valence-electron chi connectivity index (χ4n) is 3.27. The highest BCUT2D eigenvalue weighted by molar-refractivity contribution is 5.90. The number of rotatable bonds is 9. The molecule has 0 spiro atoms. The molecule has 1 aliphatic rings. The van der Waals surface area contributed by atoms with Crippen LogP contribution in [-0.2, 0) is 14.3 Å². The first-order valence-electron chi connectivity index (χ1n) is 8.60. The Kier molecular flexibility index (Phi) is 8.86. The molecule has 1 atom stereocenters. The maximum atomic E-state index is 11.2. The van der Waals surface area contributed by atoms with E-state index in [1.165, 1.54) is 38.5 Å². The molecule has 0 bridgehead atoms. The van der Waals surface area contributed by atoms with Crippen LogP contribution in [-0.4, -0.2) is 23.7 Å². The number of esters is 1. The van der Waals surface area contributed by atoms with Crippen molar-refractivity contribution < 1.29 is 19.4 Å². The number of carbonyl (C=O) groups is 2. The average molecular weight is 310 g/mol. The smallest absolute Gasteiger partial charge is 0.331 e. The second-order valence-electron chi connectivity index (χ2n) is 6.50. The predicted molar refractivity (Wildman–Crippen MR) is 86.5 cm³/mol. The minimum atomic E-state index is -1.13. The van der Waals surface area contributed by atoms with Gasteiger partial charge in [-0.2, -0.15) is 0 Å². The molecule has 1 rings (SSSR count). The van der Waals surface area contributed by atoms with Crippen LogP contribution in [0.2, 0.25) is 0 Å². The summed E-state index contributed by atoms with van der Waals surface area (Å²) in [6.07, 6.45) is 11.6. The van der Waals surface area contributed by atoms with Crippen LogP contribution in [0.3, 0.4) is 0 Å². The van der Waals surface area contributed by atoms with Gasteiger partial charge in [-0.05, 0) is 43.4 Å². The summed E-state index contributed by atoms with van der Waals surface area (Å²) in [5.74, 6) is 0.909. The fraction of sp³-hybridized carbons (Fsp3) is 0.778. The molecule has 0 amide bonds. The van der Waals surface area contributed by atoms with Gasteiger partial charge in [0.1, 0.15) is 0 Å². The number of hydrogen-bond donors (Lipinski definition) is 1. The number of ether oxygens (including phenoxy) is 1. The Hall–Kier alpha value is -1.32.